The molecule has 0 fully saturated rings. The molecule has 7 aromatic carbocycles. The number of pyridine rings is 1. The van der Waals surface area contributed by atoms with E-state index in [0.29, 0.717) is 0 Å². The first-order valence-electron chi connectivity index (χ1n) is 23.6. The van der Waals surface area contributed by atoms with Gasteiger partial charge in [0.2, 0.25) is 0 Å². The predicted molar refractivity (Wildman–Crippen MR) is 273 cm³/mol. The maximum atomic E-state index is 4.94. The van der Waals surface area contributed by atoms with Gasteiger partial charge in [0, 0.05) is 40.6 Å². The molecule has 4 aliphatic carbocycles. The van der Waals surface area contributed by atoms with Crippen molar-refractivity contribution in [3.8, 4) is 44.5 Å². The summed E-state index contributed by atoms with van der Waals surface area (Å²) in [4.78, 5) is 9.47. The van der Waals surface area contributed by atoms with Gasteiger partial charge in [-0.15, -0.1) is 0 Å². The number of hydrogen-bond donors (Lipinski definition) is 0. The minimum absolute atomic E-state index is 0.139. The summed E-state index contributed by atoms with van der Waals surface area (Å²) in [5.74, 6) is 0. The summed E-state index contributed by atoms with van der Waals surface area (Å²) in [6.45, 7) is 18.6. The number of para-hydroxylation sites is 1. The molecule has 0 unspecified atom stereocenters. The molecule has 316 valence electrons. The summed E-state index contributed by atoms with van der Waals surface area (Å²) in [7, 11) is 0. The fourth-order valence-electron chi connectivity index (χ4n) is 12.2. The van der Waals surface area contributed by atoms with Crippen LogP contribution < -0.4 is 0 Å². The zero-order valence-electron chi connectivity index (χ0n) is 38.8. The van der Waals surface area contributed by atoms with Crippen LogP contribution >= 0.6 is 0 Å². The average molecular weight is 839 g/mol. The molecule has 1 aliphatic heterocycles. The Balaban J connectivity index is 0.00000219. The van der Waals surface area contributed by atoms with E-state index in [9.17, 15) is 0 Å². The normalized spacial score (nSPS) is 16.6. The lowest BCUT2D eigenvalue weighted by atomic mass is 9.78. The van der Waals surface area contributed by atoms with Crippen molar-refractivity contribution in [2.24, 2.45) is 4.99 Å². The highest BCUT2D eigenvalue weighted by Crippen LogP contribution is 2.60. The van der Waals surface area contributed by atoms with Gasteiger partial charge < -0.3 is 0 Å². The van der Waals surface area contributed by atoms with E-state index in [0.717, 1.165) is 24.2 Å². The van der Waals surface area contributed by atoms with E-state index in [4.69, 9.17) is 4.99 Å². The minimum Gasteiger partial charge on any atom is -0.264 e. The number of benzene rings is 7. The van der Waals surface area contributed by atoms with Crippen molar-refractivity contribution < 1.29 is 0 Å². The summed E-state index contributed by atoms with van der Waals surface area (Å²) in [6, 6.07) is 55.4. The van der Waals surface area contributed by atoms with Gasteiger partial charge in [0.05, 0.1) is 11.4 Å². The predicted octanol–water partition coefficient (Wildman–Crippen LogP) is 15.9. The lowest BCUT2D eigenvalue weighted by molar-refractivity contribution is 0.649. The van der Waals surface area contributed by atoms with Gasteiger partial charge in [0.1, 0.15) is 0 Å². The Hall–Kier alpha value is -6.90. The number of rotatable bonds is 4. The van der Waals surface area contributed by atoms with Crippen molar-refractivity contribution in [1.82, 2.24) is 4.98 Å². The van der Waals surface area contributed by atoms with Gasteiger partial charge in [-0.1, -0.05) is 152 Å². The first-order chi connectivity index (χ1) is 31.5. The number of aromatic nitrogens is 1. The second-order valence-corrected chi connectivity index (χ2v) is 20.2. The largest absolute Gasteiger partial charge is 0.264 e. The van der Waals surface area contributed by atoms with E-state index in [1.807, 2.05) is 26.2 Å². The molecule has 65 heavy (non-hydrogen) atoms. The molecular formula is C63H54N2. The Morgan fingerprint density at radius 1 is 0.385 bits per heavy atom. The number of fused-ring (bicyclic) bond motifs is 11. The Morgan fingerprint density at radius 2 is 0.877 bits per heavy atom. The third kappa shape index (κ3) is 5.65. The van der Waals surface area contributed by atoms with Crippen LogP contribution in [0.2, 0.25) is 0 Å². The molecule has 2 nitrogen and oxygen atoms in total. The van der Waals surface area contributed by atoms with E-state index in [1.54, 1.807) is 0 Å². The molecule has 0 amide bonds. The lowest BCUT2D eigenvalue weighted by Gasteiger charge is -2.25. The summed E-state index contributed by atoms with van der Waals surface area (Å²) in [6.07, 6.45) is 5.71. The molecule has 5 aliphatic rings. The van der Waals surface area contributed by atoms with E-state index >= 15 is 0 Å². The van der Waals surface area contributed by atoms with Gasteiger partial charge in [0.15, 0.2) is 0 Å². The molecule has 8 aromatic rings. The molecule has 0 N–H and O–H groups in total. The molecule has 2 heteroatoms. The van der Waals surface area contributed by atoms with E-state index in [2.05, 4.69) is 192 Å². The van der Waals surface area contributed by atoms with E-state index in [-0.39, 0.29) is 16.2 Å². The zero-order chi connectivity index (χ0) is 44.6. The van der Waals surface area contributed by atoms with Gasteiger partial charge >= 0.3 is 0 Å². The van der Waals surface area contributed by atoms with Crippen LogP contribution in [-0.2, 0) is 29.1 Å². The standard InChI is InChI=1S/C61H48N2.C2H6/c1-59(2)50-27-37(35-17-19-36(20-18-35)57-29-40-13-8-10-16-56(40)63-57)21-23-43(50)46-30-54-48(32-52(46)59)49-33-53-47(31-55(49)61(54,5)6)44-24-22-39(28-51(44)60(53,3)4)45-26-38-12-7-9-15-42(38)58(45)41-14-11-25-62-34-41;1-2/h7-25,27-28,30-34H,26,29H2,1-6H3;1-2H3. The van der Waals surface area contributed by atoms with E-state index < -0.39 is 0 Å². The van der Waals surface area contributed by atoms with Crippen molar-refractivity contribution in [2.75, 3.05) is 0 Å². The zero-order valence-corrected chi connectivity index (χ0v) is 38.8. The van der Waals surface area contributed by atoms with Crippen LogP contribution in [0.15, 0.2) is 163 Å². The number of nitrogens with zero attached hydrogens (tertiary/aromatic N) is 2. The number of allylic oxidation sites excluding steroid dienone is 1. The lowest BCUT2D eigenvalue weighted by Crippen LogP contribution is -2.17. The minimum atomic E-state index is -0.153. The Labute approximate surface area is 384 Å². The first-order valence-corrected chi connectivity index (χ1v) is 23.6. The summed E-state index contributed by atoms with van der Waals surface area (Å²) >= 11 is 0. The van der Waals surface area contributed by atoms with Crippen LogP contribution in [0.5, 0.6) is 0 Å². The highest BCUT2D eigenvalue weighted by molar-refractivity contribution is 6.07. The molecule has 1 aromatic heterocycles. The van der Waals surface area contributed by atoms with Crippen LogP contribution in [0.4, 0.5) is 5.69 Å². The average Bonchev–Trinajstić information content (AvgIpc) is 4.10. The van der Waals surface area contributed by atoms with Crippen LogP contribution in [0.3, 0.4) is 0 Å². The van der Waals surface area contributed by atoms with Gasteiger partial charge in [-0.2, -0.15) is 0 Å². The quantitative estimate of drug-likeness (QED) is 0.173. The maximum Gasteiger partial charge on any atom is 0.0669 e. The second kappa shape index (κ2) is 14.0. The van der Waals surface area contributed by atoms with Gasteiger partial charge in [-0.05, 0) is 172 Å². The molecular weight excluding hydrogens is 785 g/mol. The first kappa shape index (κ1) is 39.7. The summed E-state index contributed by atoms with van der Waals surface area (Å²) < 4.78 is 0. The second-order valence-electron chi connectivity index (χ2n) is 20.2. The maximum absolute atomic E-state index is 4.94. The topological polar surface area (TPSA) is 25.2 Å². The Morgan fingerprint density at radius 3 is 1.46 bits per heavy atom. The van der Waals surface area contributed by atoms with Gasteiger partial charge in [0.25, 0.3) is 0 Å². The van der Waals surface area contributed by atoms with Gasteiger partial charge in [-0.25, -0.2) is 0 Å². The van der Waals surface area contributed by atoms with E-state index in [1.165, 1.54) is 122 Å². The third-order valence-electron chi connectivity index (χ3n) is 15.7. The molecule has 0 saturated carbocycles. The molecule has 0 atom stereocenters. The van der Waals surface area contributed by atoms with Crippen LogP contribution in [0, 0.1) is 0 Å². The highest BCUT2D eigenvalue weighted by atomic mass is 14.8. The van der Waals surface area contributed by atoms with Crippen LogP contribution in [0.1, 0.15) is 122 Å². The molecule has 0 spiro atoms. The van der Waals surface area contributed by atoms with Crippen molar-refractivity contribution in [1.29, 1.82) is 0 Å². The fraction of sp³-hybridized carbons (Fsp3) is 0.206. The fourth-order valence-corrected chi connectivity index (χ4v) is 12.2. The Kier molecular flexibility index (Phi) is 8.57. The van der Waals surface area contributed by atoms with Gasteiger partial charge in [-0.3, -0.25) is 9.98 Å². The summed E-state index contributed by atoms with van der Waals surface area (Å²) in [5.41, 5.74) is 31.6. The van der Waals surface area contributed by atoms with Crippen molar-refractivity contribution in [3.63, 3.8) is 0 Å². The molecule has 13 rings (SSSR count). The van der Waals surface area contributed by atoms with Crippen molar-refractivity contribution in [2.45, 2.75) is 84.5 Å². The number of aliphatic imine (C=N–C) groups is 1. The molecule has 0 saturated heterocycles. The molecule has 2 heterocycles. The molecule has 0 radical (unpaired) electrons. The SMILES string of the molecule is CC.CC1(C)c2cc(C3=C(c4cccnc4)c4ccccc4C3)ccc2-c2cc3c(cc21)-c1cc2c(cc1C3(C)C)-c1ccc(-c3ccc(C4=Nc5ccccc5C4)cc3)cc1C2(C)C. The summed E-state index contributed by atoms with van der Waals surface area (Å²) in [5, 5.41) is 0. The smallest absolute Gasteiger partial charge is 0.0669 e. The third-order valence-corrected chi connectivity index (χ3v) is 15.7. The number of hydrogen-bond acceptors (Lipinski definition) is 2. The molecule has 0 bridgehead atoms. The van der Waals surface area contributed by atoms with Crippen molar-refractivity contribution in [3.05, 3.63) is 225 Å². The van der Waals surface area contributed by atoms with Crippen LogP contribution in [-0.4, -0.2) is 10.7 Å². The van der Waals surface area contributed by atoms with Crippen molar-refractivity contribution >= 4 is 22.5 Å². The Bertz CT molecular complexity index is 3390. The van der Waals surface area contributed by atoms with Crippen LogP contribution in [0.25, 0.3) is 55.7 Å². The monoisotopic (exact) mass is 838 g/mol. The highest BCUT2D eigenvalue weighted by Gasteiger charge is 2.45.